The molecule has 0 radical (unpaired) electrons. The van der Waals surface area contributed by atoms with E-state index in [1.165, 1.54) is 25.6 Å². The van der Waals surface area contributed by atoms with Crippen molar-refractivity contribution >= 4 is 18.0 Å². The third kappa shape index (κ3) is 6.87. The van der Waals surface area contributed by atoms with Crippen molar-refractivity contribution in [3.63, 3.8) is 0 Å². The molecule has 2 aromatic heterocycles. The van der Waals surface area contributed by atoms with Crippen molar-refractivity contribution < 1.29 is 14.6 Å². The van der Waals surface area contributed by atoms with Crippen LogP contribution in [0.15, 0.2) is 41.8 Å². The molecule has 3 aromatic rings. The molecule has 0 bridgehead atoms. The van der Waals surface area contributed by atoms with Gasteiger partial charge in [0, 0.05) is 24.4 Å². The second-order valence-electron chi connectivity index (χ2n) is 10.6. The van der Waals surface area contributed by atoms with Crippen LogP contribution in [0, 0.1) is 11.3 Å². The Balaban J connectivity index is 1.31. The molecule has 2 aliphatic rings. The van der Waals surface area contributed by atoms with Crippen LogP contribution in [0.2, 0.25) is 0 Å². The van der Waals surface area contributed by atoms with Crippen LogP contribution in [0.4, 0.5) is 11.6 Å². The van der Waals surface area contributed by atoms with Crippen molar-refractivity contribution in [2.45, 2.75) is 76.0 Å². The third-order valence-electron chi connectivity index (χ3n) is 7.41. The quantitative estimate of drug-likeness (QED) is 0.220. The third-order valence-corrected chi connectivity index (χ3v) is 7.41. The number of aromatic nitrogens is 4. The maximum Gasteiger partial charge on any atom is 0.256 e. The number of ether oxygens (including phenoxy) is 2. The SMILES string of the molecule is C[C@@H](CN=CN)Oc1cc(-c2cnc(Nc3cn(C4CCCCC4)nc3OCCC3(O)CC3)nc2)ccc1C#N. The summed E-state index contributed by atoms with van der Waals surface area (Å²) in [6.07, 6.45) is 14.5. The largest absolute Gasteiger partial charge is 0.487 e. The minimum atomic E-state index is -0.578. The first-order valence-corrected chi connectivity index (χ1v) is 13.9. The number of nitriles is 1. The topological polar surface area (TPSA) is 156 Å². The minimum absolute atomic E-state index is 0.247. The van der Waals surface area contributed by atoms with Crippen LogP contribution < -0.4 is 20.5 Å². The number of benzene rings is 1. The van der Waals surface area contributed by atoms with E-state index in [9.17, 15) is 10.4 Å². The molecule has 0 saturated heterocycles. The Hall–Kier alpha value is -4.17. The highest BCUT2D eigenvalue weighted by molar-refractivity contribution is 5.67. The van der Waals surface area contributed by atoms with E-state index < -0.39 is 5.60 Å². The van der Waals surface area contributed by atoms with Gasteiger partial charge in [0.1, 0.15) is 23.6 Å². The Kier molecular flexibility index (Phi) is 8.45. The number of aliphatic hydroxyl groups is 1. The summed E-state index contributed by atoms with van der Waals surface area (Å²) in [5, 5.41) is 27.7. The van der Waals surface area contributed by atoms with Crippen LogP contribution in [-0.4, -0.2) is 56.1 Å². The van der Waals surface area contributed by atoms with E-state index in [2.05, 4.69) is 26.3 Å². The molecule has 4 N–H and O–H groups in total. The summed E-state index contributed by atoms with van der Waals surface area (Å²) >= 11 is 0. The standard InChI is InChI=1S/C29H36N8O3/c1-20(15-32-19-31)40-26-13-21(7-8-22(26)14-30)23-16-33-28(34-17-23)35-25-18-37(24-5-3-2-4-6-24)36-27(25)39-12-11-29(38)9-10-29/h7-8,13,16-20,24,38H,2-6,9-12,15H2,1H3,(H2,31,32)(H,33,34,35)/t20-/m0/s1. The van der Waals surface area contributed by atoms with Gasteiger partial charge in [-0.05, 0) is 50.3 Å². The summed E-state index contributed by atoms with van der Waals surface area (Å²) in [4.78, 5) is 13.0. The summed E-state index contributed by atoms with van der Waals surface area (Å²) in [6.45, 7) is 2.65. The molecule has 11 heteroatoms. The van der Waals surface area contributed by atoms with E-state index in [-0.39, 0.29) is 6.10 Å². The van der Waals surface area contributed by atoms with Crippen molar-refractivity contribution in [2.24, 2.45) is 10.7 Å². The molecule has 5 rings (SSSR count). The maximum absolute atomic E-state index is 10.2. The van der Waals surface area contributed by atoms with Gasteiger partial charge in [-0.2, -0.15) is 5.26 Å². The Morgan fingerprint density at radius 1 is 1.25 bits per heavy atom. The lowest BCUT2D eigenvalue weighted by molar-refractivity contribution is 0.116. The Morgan fingerprint density at radius 2 is 2.02 bits per heavy atom. The monoisotopic (exact) mass is 544 g/mol. The summed E-state index contributed by atoms with van der Waals surface area (Å²) in [5.41, 5.74) is 7.48. The zero-order chi connectivity index (χ0) is 28.0. The number of nitrogens with two attached hydrogens (primary N) is 1. The lowest BCUT2D eigenvalue weighted by Crippen LogP contribution is -2.16. The van der Waals surface area contributed by atoms with Gasteiger partial charge in [-0.1, -0.05) is 25.3 Å². The Labute approximate surface area is 234 Å². The van der Waals surface area contributed by atoms with Gasteiger partial charge in [0.15, 0.2) is 0 Å². The first kappa shape index (κ1) is 27.4. The van der Waals surface area contributed by atoms with Crippen molar-refractivity contribution in [3.05, 3.63) is 42.4 Å². The molecular formula is C29H36N8O3. The highest BCUT2D eigenvalue weighted by atomic mass is 16.5. The van der Waals surface area contributed by atoms with Gasteiger partial charge in [0.2, 0.25) is 5.95 Å². The van der Waals surface area contributed by atoms with E-state index in [0.29, 0.717) is 54.4 Å². The summed E-state index contributed by atoms with van der Waals surface area (Å²) in [6, 6.07) is 7.88. The number of aliphatic imine (C=N–C) groups is 1. The van der Waals surface area contributed by atoms with Gasteiger partial charge in [0.05, 0.1) is 42.9 Å². The molecule has 1 atom stereocenters. The smallest absolute Gasteiger partial charge is 0.256 e. The summed E-state index contributed by atoms with van der Waals surface area (Å²) < 4.78 is 14.0. The van der Waals surface area contributed by atoms with Crippen molar-refractivity contribution in [2.75, 3.05) is 18.5 Å². The fourth-order valence-corrected chi connectivity index (χ4v) is 4.85. The van der Waals surface area contributed by atoms with Crippen LogP contribution in [0.3, 0.4) is 0 Å². The predicted molar refractivity (Wildman–Crippen MR) is 152 cm³/mol. The van der Waals surface area contributed by atoms with E-state index in [0.717, 1.165) is 36.8 Å². The number of anilines is 2. The summed E-state index contributed by atoms with van der Waals surface area (Å²) in [5.74, 6) is 1.37. The van der Waals surface area contributed by atoms with Gasteiger partial charge in [-0.25, -0.2) is 9.97 Å². The van der Waals surface area contributed by atoms with Gasteiger partial charge in [-0.15, -0.1) is 5.10 Å². The van der Waals surface area contributed by atoms with E-state index in [1.54, 1.807) is 24.5 Å². The van der Waals surface area contributed by atoms with Gasteiger partial charge >= 0.3 is 0 Å². The molecule has 40 heavy (non-hydrogen) atoms. The highest BCUT2D eigenvalue weighted by Gasteiger charge is 2.40. The number of hydrogen-bond acceptors (Lipinski definition) is 9. The molecular weight excluding hydrogens is 508 g/mol. The zero-order valence-electron chi connectivity index (χ0n) is 22.8. The Morgan fingerprint density at radius 3 is 2.73 bits per heavy atom. The van der Waals surface area contributed by atoms with Gasteiger partial charge < -0.3 is 25.6 Å². The van der Waals surface area contributed by atoms with E-state index >= 15 is 0 Å². The van der Waals surface area contributed by atoms with Crippen LogP contribution in [0.5, 0.6) is 11.6 Å². The molecule has 2 heterocycles. The Bertz CT molecular complexity index is 1350. The van der Waals surface area contributed by atoms with Crippen LogP contribution in [-0.2, 0) is 0 Å². The number of nitrogens with zero attached hydrogens (tertiary/aromatic N) is 6. The number of rotatable bonds is 12. The van der Waals surface area contributed by atoms with Crippen molar-refractivity contribution in [1.29, 1.82) is 5.26 Å². The fraction of sp³-hybridized carbons (Fsp3) is 0.483. The van der Waals surface area contributed by atoms with E-state index in [4.69, 9.17) is 20.3 Å². The van der Waals surface area contributed by atoms with Crippen LogP contribution in [0.1, 0.15) is 69.9 Å². The van der Waals surface area contributed by atoms with Crippen LogP contribution >= 0.6 is 0 Å². The molecule has 11 nitrogen and oxygen atoms in total. The summed E-state index contributed by atoms with van der Waals surface area (Å²) in [7, 11) is 0. The second kappa shape index (κ2) is 12.3. The first-order valence-electron chi connectivity index (χ1n) is 13.9. The normalized spacial score (nSPS) is 17.3. The molecule has 0 unspecified atom stereocenters. The van der Waals surface area contributed by atoms with Crippen molar-refractivity contribution in [3.8, 4) is 28.8 Å². The lowest BCUT2D eigenvalue weighted by Gasteiger charge is -2.21. The van der Waals surface area contributed by atoms with Gasteiger partial charge in [0.25, 0.3) is 5.88 Å². The minimum Gasteiger partial charge on any atom is -0.487 e. The van der Waals surface area contributed by atoms with Crippen LogP contribution in [0.25, 0.3) is 11.1 Å². The fourth-order valence-electron chi connectivity index (χ4n) is 4.85. The zero-order valence-corrected chi connectivity index (χ0v) is 22.8. The number of hydrogen-bond donors (Lipinski definition) is 3. The highest BCUT2D eigenvalue weighted by Crippen LogP contribution is 2.39. The molecule has 2 aliphatic carbocycles. The lowest BCUT2D eigenvalue weighted by atomic mass is 9.96. The molecule has 0 aliphatic heterocycles. The second-order valence-corrected chi connectivity index (χ2v) is 10.6. The van der Waals surface area contributed by atoms with Crippen molar-refractivity contribution in [1.82, 2.24) is 19.7 Å². The molecule has 2 saturated carbocycles. The molecule has 0 amide bonds. The first-order chi connectivity index (χ1) is 19.5. The molecule has 210 valence electrons. The maximum atomic E-state index is 10.2. The molecule has 2 fully saturated rings. The number of nitrogens with one attached hydrogen (secondary N) is 1. The molecule has 1 aromatic carbocycles. The van der Waals surface area contributed by atoms with E-state index in [1.807, 2.05) is 23.9 Å². The predicted octanol–water partition coefficient (Wildman–Crippen LogP) is 4.51. The average molecular weight is 545 g/mol. The van der Waals surface area contributed by atoms with Gasteiger partial charge in [-0.3, -0.25) is 9.67 Å². The molecule has 0 spiro atoms. The average Bonchev–Trinajstić information content (AvgIpc) is 3.58.